The molecule has 1 N–H and O–H groups in total. The molecule has 0 radical (unpaired) electrons. The van der Waals surface area contributed by atoms with Gasteiger partial charge in [0.05, 0.1) is 16.5 Å². The molecule has 0 unspecified atom stereocenters. The monoisotopic (exact) mass is 414 g/mol. The van der Waals surface area contributed by atoms with Gasteiger partial charge in [-0.05, 0) is 57.0 Å². The Bertz CT molecular complexity index is 1000. The van der Waals surface area contributed by atoms with Crippen molar-refractivity contribution in [2.75, 3.05) is 5.75 Å². The average Bonchev–Trinajstić information content (AvgIpc) is 3.05. The van der Waals surface area contributed by atoms with Crippen LogP contribution in [0.1, 0.15) is 25.0 Å². The highest BCUT2D eigenvalue weighted by Crippen LogP contribution is 2.33. The van der Waals surface area contributed by atoms with Gasteiger partial charge in [-0.15, -0.1) is 10.2 Å². The summed E-state index contributed by atoms with van der Waals surface area (Å²) < 4.78 is 1.98. The van der Waals surface area contributed by atoms with Crippen LogP contribution < -0.4 is 5.32 Å². The summed E-state index contributed by atoms with van der Waals surface area (Å²) in [6.45, 7) is 7.98. The molecule has 0 spiro atoms. The number of thioether (sulfide) groups is 1. The van der Waals surface area contributed by atoms with Crippen molar-refractivity contribution in [3.05, 3.63) is 58.6 Å². The van der Waals surface area contributed by atoms with Crippen molar-refractivity contribution < 1.29 is 4.79 Å². The molecule has 0 aliphatic carbocycles. The van der Waals surface area contributed by atoms with Crippen LogP contribution in [0.5, 0.6) is 0 Å². The van der Waals surface area contributed by atoms with Gasteiger partial charge in [-0.25, -0.2) is 0 Å². The molecule has 5 nitrogen and oxygen atoms in total. The Morgan fingerprint density at radius 1 is 1.18 bits per heavy atom. The molecule has 0 saturated carbocycles. The summed E-state index contributed by atoms with van der Waals surface area (Å²) in [5.41, 5.74) is 4.00. The lowest BCUT2D eigenvalue weighted by atomic mass is 10.1. The molecule has 0 aliphatic heterocycles. The molecule has 3 rings (SSSR count). The molecule has 0 fully saturated rings. The first-order chi connectivity index (χ1) is 13.4. The minimum atomic E-state index is -0.0326. The van der Waals surface area contributed by atoms with Crippen LogP contribution in [-0.2, 0) is 4.79 Å². The van der Waals surface area contributed by atoms with Gasteiger partial charge >= 0.3 is 0 Å². The number of hydrogen-bond acceptors (Lipinski definition) is 4. The van der Waals surface area contributed by atoms with Crippen molar-refractivity contribution in [3.8, 4) is 17.1 Å². The Hall–Kier alpha value is -2.31. The molecule has 7 heteroatoms. The number of amides is 1. The van der Waals surface area contributed by atoms with Gasteiger partial charge < -0.3 is 5.32 Å². The van der Waals surface area contributed by atoms with Crippen molar-refractivity contribution in [1.82, 2.24) is 20.1 Å². The molecule has 2 aromatic carbocycles. The minimum Gasteiger partial charge on any atom is -0.353 e. The summed E-state index contributed by atoms with van der Waals surface area (Å²) in [4.78, 5) is 12.1. The van der Waals surface area contributed by atoms with E-state index < -0.39 is 0 Å². The smallest absolute Gasteiger partial charge is 0.230 e. The zero-order valence-corrected chi connectivity index (χ0v) is 17.9. The van der Waals surface area contributed by atoms with Crippen LogP contribution in [0, 0.1) is 13.8 Å². The highest BCUT2D eigenvalue weighted by atomic mass is 35.5. The van der Waals surface area contributed by atoms with Crippen LogP contribution in [0.3, 0.4) is 0 Å². The van der Waals surface area contributed by atoms with Crippen molar-refractivity contribution in [1.29, 1.82) is 0 Å². The van der Waals surface area contributed by atoms with E-state index in [-0.39, 0.29) is 17.7 Å². The number of carbonyl (C=O) groups is 1. The summed E-state index contributed by atoms with van der Waals surface area (Å²) in [5.74, 6) is 0.893. The number of benzene rings is 2. The van der Waals surface area contributed by atoms with E-state index in [9.17, 15) is 4.79 Å². The maximum atomic E-state index is 12.1. The lowest BCUT2D eigenvalue weighted by Crippen LogP contribution is -2.31. The Balaban J connectivity index is 2.07. The average molecular weight is 415 g/mol. The number of aryl methyl sites for hydroxylation is 2. The number of carbonyl (C=O) groups excluding carboxylic acids is 1. The molecule has 0 aliphatic rings. The lowest BCUT2D eigenvalue weighted by molar-refractivity contribution is -0.119. The maximum Gasteiger partial charge on any atom is 0.230 e. The summed E-state index contributed by atoms with van der Waals surface area (Å²) >= 11 is 7.79. The normalized spacial score (nSPS) is 11.1. The Morgan fingerprint density at radius 3 is 2.64 bits per heavy atom. The third-order valence-corrected chi connectivity index (χ3v) is 5.39. The van der Waals surface area contributed by atoms with E-state index >= 15 is 0 Å². The predicted molar refractivity (Wildman–Crippen MR) is 115 cm³/mol. The number of rotatable bonds is 6. The highest BCUT2D eigenvalue weighted by molar-refractivity contribution is 7.99. The molecule has 28 heavy (non-hydrogen) atoms. The zero-order chi connectivity index (χ0) is 20.3. The van der Waals surface area contributed by atoms with Gasteiger partial charge in [0.1, 0.15) is 0 Å². The van der Waals surface area contributed by atoms with Gasteiger partial charge in [0, 0.05) is 11.6 Å². The molecule has 0 bridgehead atoms. The van der Waals surface area contributed by atoms with E-state index in [4.69, 9.17) is 11.6 Å². The lowest BCUT2D eigenvalue weighted by Gasteiger charge is -2.14. The maximum absolute atomic E-state index is 12.1. The standard InChI is InChI=1S/C21H23ClN4OS/c1-13(2)23-19(27)12-28-21-25-24-20(16-7-5-6-8-17(16)22)26(21)18-11-14(3)9-10-15(18)4/h5-11,13H,12H2,1-4H3,(H,23,27). The van der Waals surface area contributed by atoms with Gasteiger partial charge in [-0.1, -0.05) is 47.6 Å². The van der Waals surface area contributed by atoms with Crippen molar-refractivity contribution in [2.45, 2.75) is 38.9 Å². The van der Waals surface area contributed by atoms with Crippen LogP contribution in [0.15, 0.2) is 47.6 Å². The second-order valence-corrected chi connectivity index (χ2v) is 8.27. The van der Waals surface area contributed by atoms with E-state index in [0.29, 0.717) is 16.0 Å². The van der Waals surface area contributed by atoms with E-state index in [2.05, 4.69) is 33.7 Å². The molecule has 146 valence electrons. The van der Waals surface area contributed by atoms with Gasteiger partial charge in [0.15, 0.2) is 11.0 Å². The van der Waals surface area contributed by atoms with Gasteiger partial charge in [0.25, 0.3) is 0 Å². The first kappa shape index (κ1) is 20.4. The van der Waals surface area contributed by atoms with Crippen LogP contribution in [0.2, 0.25) is 5.02 Å². The third-order valence-electron chi connectivity index (χ3n) is 4.14. The molecule has 1 aromatic heterocycles. The molecule has 3 aromatic rings. The molecule has 0 atom stereocenters. The molecule has 0 saturated heterocycles. The van der Waals surface area contributed by atoms with Crippen LogP contribution in [0.4, 0.5) is 0 Å². The molecular formula is C21H23ClN4OS. The SMILES string of the molecule is Cc1ccc(C)c(-n2c(SCC(=O)NC(C)C)nnc2-c2ccccc2Cl)c1. The van der Waals surface area contributed by atoms with Gasteiger partial charge in [-0.3, -0.25) is 9.36 Å². The van der Waals surface area contributed by atoms with E-state index in [1.54, 1.807) is 0 Å². The van der Waals surface area contributed by atoms with E-state index in [1.807, 2.05) is 56.5 Å². The van der Waals surface area contributed by atoms with Crippen LogP contribution in [-0.4, -0.2) is 32.5 Å². The van der Waals surface area contributed by atoms with Gasteiger partial charge in [0.2, 0.25) is 5.91 Å². The summed E-state index contributed by atoms with van der Waals surface area (Å²) in [7, 11) is 0. The summed E-state index contributed by atoms with van der Waals surface area (Å²) in [6.07, 6.45) is 0. The zero-order valence-electron chi connectivity index (χ0n) is 16.4. The fourth-order valence-corrected chi connectivity index (χ4v) is 3.83. The Kier molecular flexibility index (Phi) is 6.42. The van der Waals surface area contributed by atoms with E-state index in [1.165, 1.54) is 11.8 Å². The number of nitrogens with zero attached hydrogens (tertiary/aromatic N) is 3. The third kappa shape index (κ3) is 4.56. The topological polar surface area (TPSA) is 59.8 Å². The first-order valence-corrected chi connectivity index (χ1v) is 10.4. The number of aromatic nitrogens is 3. The molecule has 1 heterocycles. The van der Waals surface area contributed by atoms with E-state index in [0.717, 1.165) is 22.4 Å². The Morgan fingerprint density at radius 2 is 1.93 bits per heavy atom. The molecular weight excluding hydrogens is 392 g/mol. The van der Waals surface area contributed by atoms with Crippen molar-refractivity contribution >= 4 is 29.3 Å². The minimum absolute atomic E-state index is 0.0326. The summed E-state index contributed by atoms with van der Waals surface area (Å²) in [6, 6.07) is 13.9. The second kappa shape index (κ2) is 8.80. The quantitative estimate of drug-likeness (QED) is 0.587. The summed E-state index contributed by atoms with van der Waals surface area (Å²) in [5, 5.41) is 12.9. The van der Waals surface area contributed by atoms with Gasteiger partial charge in [-0.2, -0.15) is 0 Å². The van der Waals surface area contributed by atoms with Crippen molar-refractivity contribution in [2.24, 2.45) is 0 Å². The fraction of sp³-hybridized carbons (Fsp3) is 0.286. The fourth-order valence-electron chi connectivity index (χ4n) is 2.85. The second-order valence-electron chi connectivity index (χ2n) is 6.92. The first-order valence-electron chi connectivity index (χ1n) is 9.07. The van der Waals surface area contributed by atoms with Crippen molar-refractivity contribution in [3.63, 3.8) is 0 Å². The number of hydrogen-bond donors (Lipinski definition) is 1. The number of halogens is 1. The Labute approximate surface area is 174 Å². The van der Waals surface area contributed by atoms with Crippen LogP contribution in [0.25, 0.3) is 17.1 Å². The number of nitrogens with one attached hydrogen (secondary N) is 1. The highest BCUT2D eigenvalue weighted by Gasteiger charge is 2.20. The largest absolute Gasteiger partial charge is 0.353 e. The molecule has 1 amide bonds. The predicted octanol–water partition coefficient (Wildman–Crippen LogP) is 4.82. The van der Waals surface area contributed by atoms with Crippen LogP contribution >= 0.6 is 23.4 Å².